The second-order valence-corrected chi connectivity index (χ2v) is 3.12. The fourth-order valence-electron chi connectivity index (χ4n) is 0.566. The molecule has 1 aromatic heterocycles. The van der Waals surface area contributed by atoms with Crippen molar-refractivity contribution >= 4 is 27.5 Å². The Labute approximate surface area is 79.7 Å². The van der Waals surface area contributed by atoms with Gasteiger partial charge in [-0.05, 0) is 22.0 Å². The topological polar surface area (TPSA) is 12.9 Å². The van der Waals surface area contributed by atoms with Gasteiger partial charge in [-0.25, -0.2) is 4.98 Å². The molecule has 1 rings (SSSR count). The fraction of sp³-hybridized carbons (Fsp3) is 0.167. The molecule has 0 saturated heterocycles. The molecule has 0 aromatic carbocycles. The zero-order valence-electron chi connectivity index (χ0n) is 5.41. The highest BCUT2D eigenvalue weighted by atomic mass is 79.9. The third kappa shape index (κ3) is 2.35. The van der Waals surface area contributed by atoms with Crippen molar-refractivity contribution in [1.29, 1.82) is 0 Å². The molecule has 0 fully saturated rings. The van der Waals surface area contributed by atoms with Gasteiger partial charge < -0.3 is 0 Å². The van der Waals surface area contributed by atoms with E-state index in [0.29, 0.717) is 0 Å². The summed E-state index contributed by atoms with van der Waals surface area (Å²) in [4.78, 5) is 3.06. The van der Waals surface area contributed by atoms with Crippen LogP contribution in [0.25, 0.3) is 0 Å². The van der Waals surface area contributed by atoms with Crippen molar-refractivity contribution < 1.29 is 13.2 Å². The molecular weight excluding hydrogens is 258 g/mol. The van der Waals surface area contributed by atoms with Crippen LogP contribution in [0.3, 0.4) is 0 Å². The summed E-state index contributed by atoms with van der Waals surface area (Å²) in [5.74, 6) is 0. The number of hydrogen-bond donors (Lipinski definition) is 0. The van der Waals surface area contributed by atoms with Gasteiger partial charge in [0, 0.05) is 10.5 Å². The van der Waals surface area contributed by atoms with E-state index in [-0.39, 0.29) is 9.63 Å². The summed E-state index contributed by atoms with van der Waals surface area (Å²) >= 11 is 8.08. The van der Waals surface area contributed by atoms with E-state index in [4.69, 9.17) is 11.6 Å². The number of halogens is 5. The monoisotopic (exact) mass is 258 g/mol. The first-order valence-electron chi connectivity index (χ1n) is 2.72. The number of nitrogens with zero attached hydrogens (tertiary/aromatic N) is 1. The third-order valence-corrected chi connectivity index (χ3v) is 1.60. The van der Waals surface area contributed by atoms with Crippen LogP contribution in [-0.4, -0.2) is 4.98 Å². The maximum absolute atomic E-state index is 12.0. The second-order valence-electron chi connectivity index (χ2n) is 1.90. The number of rotatable bonds is 0. The maximum Gasteiger partial charge on any atom is 0.433 e. The SMILES string of the molecule is FC(F)(F)c1cc(Br)[c]c(Cl)n1. The van der Waals surface area contributed by atoms with Crippen LogP contribution in [0.5, 0.6) is 0 Å². The standard InChI is InChI=1S/C6HBrClF3N/c7-3-1-4(6(9,10)11)12-5(8)2-3/h1H. The van der Waals surface area contributed by atoms with Crippen LogP contribution >= 0.6 is 27.5 Å². The lowest BCUT2D eigenvalue weighted by atomic mass is 10.3. The summed E-state index contributed by atoms with van der Waals surface area (Å²) in [7, 11) is 0. The Morgan fingerprint density at radius 3 is 2.50 bits per heavy atom. The van der Waals surface area contributed by atoms with Gasteiger partial charge in [0.05, 0.1) is 0 Å². The zero-order chi connectivity index (χ0) is 9.35. The van der Waals surface area contributed by atoms with Gasteiger partial charge >= 0.3 is 6.18 Å². The Morgan fingerprint density at radius 1 is 1.50 bits per heavy atom. The van der Waals surface area contributed by atoms with Crippen LogP contribution < -0.4 is 0 Å². The molecule has 0 atom stereocenters. The Bertz CT molecular complexity index is 279. The second kappa shape index (κ2) is 3.22. The smallest absolute Gasteiger partial charge is 0.231 e. The molecular formula is C6HBrClF3N. The number of alkyl halides is 3. The van der Waals surface area contributed by atoms with E-state index in [9.17, 15) is 13.2 Å². The molecule has 6 heteroatoms. The quantitative estimate of drug-likeness (QED) is 0.651. The van der Waals surface area contributed by atoms with Crippen LogP contribution in [0.4, 0.5) is 13.2 Å². The van der Waals surface area contributed by atoms with Crippen LogP contribution in [0.2, 0.25) is 5.15 Å². The van der Waals surface area contributed by atoms with Crippen molar-refractivity contribution in [2.75, 3.05) is 0 Å². The van der Waals surface area contributed by atoms with Gasteiger partial charge in [-0.2, -0.15) is 13.2 Å². The van der Waals surface area contributed by atoms with Crippen molar-refractivity contribution in [1.82, 2.24) is 4.98 Å². The van der Waals surface area contributed by atoms with Gasteiger partial charge in [0.2, 0.25) is 0 Å². The summed E-state index contributed by atoms with van der Waals surface area (Å²) in [6.07, 6.45) is -4.47. The van der Waals surface area contributed by atoms with E-state index in [2.05, 4.69) is 27.0 Å². The van der Waals surface area contributed by atoms with Gasteiger partial charge in [-0.15, -0.1) is 0 Å². The molecule has 0 aliphatic rings. The molecule has 0 N–H and O–H groups in total. The Balaban J connectivity index is 3.18. The van der Waals surface area contributed by atoms with Crippen molar-refractivity contribution in [3.8, 4) is 0 Å². The van der Waals surface area contributed by atoms with Crippen molar-refractivity contribution in [2.24, 2.45) is 0 Å². The zero-order valence-corrected chi connectivity index (χ0v) is 7.76. The molecule has 1 heterocycles. The number of aromatic nitrogens is 1. The van der Waals surface area contributed by atoms with Crippen molar-refractivity contribution in [3.05, 3.63) is 27.5 Å². The first-order valence-corrected chi connectivity index (χ1v) is 3.89. The van der Waals surface area contributed by atoms with Crippen molar-refractivity contribution in [2.45, 2.75) is 6.18 Å². The molecule has 1 aromatic rings. The molecule has 0 spiro atoms. The Hall–Kier alpha value is -0.290. The molecule has 0 amide bonds. The molecule has 0 aliphatic carbocycles. The Kier molecular flexibility index (Phi) is 2.63. The summed E-state index contributed by atoms with van der Waals surface area (Å²) in [5.41, 5.74) is -1.03. The largest absolute Gasteiger partial charge is 0.433 e. The Morgan fingerprint density at radius 2 is 2.08 bits per heavy atom. The fourth-order valence-corrected chi connectivity index (χ4v) is 1.28. The summed E-state index contributed by atoms with van der Waals surface area (Å²) in [6, 6.07) is 3.17. The van der Waals surface area contributed by atoms with Crippen LogP contribution in [0.15, 0.2) is 10.5 Å². The minimum atomic E-state index is -4.47. The van der Waals surface area contributed by atoms with Crippen LogP contribution in [0.1, 0.15) is 5.69 Å². The van der Waals surface area contributed by atoms with E-state index in [0.717, 1.165) is 6.07 Å². The molecule has 65 valence electrons. The van der Waals surface area contributed by atoms with Crippen LogP contribution in [-0.2, 0) is 6.18 Å². The van der Waals surface area contributed by atoms with E-state index in [1.54, 1.807) is 0 Å². The molecule has 0 saturated carbocycles. The minimum absolute atomic E-state index is 0.134. The average Bonchev–Trinajstić information content (AvgIpc) is 1.82. The molecule has 0 unspecified atom stereocenters. The van der Waals surface area contributed by atoms with Gasteiger partial charge in [0.1, 0.15) is 10.8 Å². The predicted octanol–water partition coefficient (Wildman–Crippen LogP) is 3.32. The molecule has 0 aliphatic heterocycles. The number of pyridine rings is 1. The first-order chi connectivity index (χ1) is 5.39. The van der Waals surface area contributed by atoms with E-state index >= 15 is 0 Å². The van der Waals surface area contributed by atoms with Crippen LogP contribution in [0, 0.1) is 6.07 Å². The van der Waals surface area contributed by atoms with Gasteiger partial charge in [0.15, 0.2) is 0 Å². The lowest BCUT2D eigenvalue weighted by Crippen LogP contribution is -2.07. The minimum Gasteiger partial charge on any atom is -0.231 e. The highest BCUT2D eigenvalue weighted by Crippen LogP contribution is 2.30. The molecule has 12 heavy (non-hydrogen) atoms. The van der Waals surface area contributed by atoms with Gasteiger partial charge in [-0.3, -0.25) is 0 Å². The third-order valence-electron chi connectivity index (χ3n) is 0.995. The highest BCUT2D eigenvalue weighted by Gasteiger charge is 2.32. The van der Waals surface area contributed by atoms with E-state index in [1.165, 1.54) is 0 Å². The first kappa shape index (κ1) is 9.80. The normalized spacial score (nSPS) is 11.8. The lowest BCUT2D eigenvalue weighted by molar-refractivity contribution is -0.141. The van der Waals surface area contributed by atoms with E-state index in [1.807, 2.05) is 0 Å². The molecule has 1 radical (unpaired) electrons. The molecule has 1 nitrogen and oxygen atoms in total. The lowest BCUT2D eigenvalue weighted by Gasteiger charge is -2.05. The summed E-state index contributed by atoms with van der Waals surface area (Å²) in [5, 5.41) is -0.309. The van der Waals surface area contributed by atoms with Gasteiger partial charge in [0.25, 0.3) is 0 Å². The summed E-state index contributed by atoms with van der Waals surface area (Å²) < 4.78 is 36.1. The number of hydrogen-bond acceptors (Lipinski definition) is 1. The summed E-state index contributed by atoms with van der Waals surface area (Å²) in [6.45, 7) is 0. The maximum atomic E-state index is 12.0. The predicted molar refractivity (Wildman–Crippen MR) is 40.8 cm³/mol. The van der Waals surface area contributed by atoms with E-state index < -0.39 is 11.9 Å². The van der Waals surface area contributed by atoms with Gasteiger partial charge in [-0.1, -0.05) is 11.6 Å². The van der Waals surface area contributed by atoms with Crippen molar-refractivity contribution in [3.63, 3.8) is 0 Å². The molecule has 0 bridgehead atoms. The highest BCUT2D eigenvalue weighted by molar-refractivity contribution is 9.10. The average molecular weight is 259 g/mol.